The monoisotopic (exact) mass is 305 g/mol. The van der Waals surface area contributed by atoms with Crippen molar-refractivity contribution in [1.29, 1.82) is 5.26 Å². The number of nitrogens with zero attached hydrogens (tertiary/aromatic N) is 2. The van der Waals surface area contributed by atoms with Crippen molar-refractivity contribution in [2.45, 2.75) is 57.7 Å². The molecule has 1 aromatic carbocycles. The van der Waals surface area contributed by atoms with E-state index >= 15 is 0 Å². The fourth-order valence-corrected chi connectivity index (χ4v) is 3.35. The van der Waals surface area contributed by atoms with Crippen LogP contribution in [0.3, 0.4) is 0 Å². The summed E-state index contributed by atoms with van der Waals surface area (Å²) in [5, 5.41) is 9.61. The first-order valence-electron chi connectivity index (χ1n) is 7.82. The van der Waals surface area contributed by atoms with Gasteiger partial charge in [-0.2, -0.15) is 5.26 Å². The number of rotatable bonds is 5. The lowest BCUT2D eigenvalue weighted by Gasteiger charge is -2.36. The molecule has 0 saturated heterocycles. The van der Waals surface area contributed by atoms with Gasteiger partial charge in [-0.3, -0.25) is 4.90 Å². The molecule has 4 heteroatoms. The Hall–Kier alpha value is -1.08. The molecule has 0 bridgehead atoms. The summed E-state index contributed by atoms with van der Waals surface area (Å²) in [5.74, 6) is 0. The zero-order chi connectivity index (χ0) is 15.2. The molecule has 0 heterocycles. The Kier molecular flexibility index (Phi) is 6.05. The van der Waals surface area contributed by atoms with E-state index in [1.807, 2.05) is 12.1 Å². The fourth-order valence-electron chi connectivity index (χ4n) is 3.11. The molecule has 21 heavy (non-hydrogen) atoms. The summed E-state index contributed by atoms with van der Waals surface area (Å²) in [6, 6.07) is 8.71. The van der Waals surface area contributed by atoms with E-state index in [1.54, 1.807) is 6.07 Å². The molecule has 0 spiro atoms. The minimum atomic E-state index is 0.378. The van der Waals surface area contributed by atoms with Gasteiger partial charge in [0.2, 0.25) is 0 Å². The lowest BCUT2D eigenvalue weighted by molar-refractivity contribution is 0.142. The molecule has 1 aromatic rings. The third kappa shape index (κ3) is 4.44. The Morgan fingerprint density at radius 2 is 2.05 bits per heavy atom. The largest absolute Gasteiger partial charge is 0.328 e. The molecule has 1 fully saturated rings. The molecular weight excluding hydrogens is 282 g/mol. The van der Waals surface area contributed by atoms with E-state index < -0.39 is 0 Å². The number of halogens is 1. The molecule has 114 valence electrons. The maximum Gasteiger partial charge on any atom is 0.0992 e. The highest BCUT2D eigenvalue weighted by Crippen LogP contribution is 2.26. The zero-order valence-corrected chi connectivity index (χ0v) is 13.4. The SMILES string of the molecule is CCCN(Cc1ccc(C#N)cc1Cl)C1CCC(N)CC1. The minimum Gasteiger partial charge on any atom is -0.328 e. The van der Waals surface area contributed by atoms with Gasteiger partial charge >= 0.3 is 0 Å². The lowest BCUT2D eigenvalue weighted by atomic mass is 9.90. The number of hydrogen-bond acceptors (Lipinski definition) is 3. The Labute approximate surface area is 132 Å². The zero-order valence-electron chi connectivity index (χ0n) is 12.7. The molecule has 2 N–H and O–H groups in total. The van der Waals surface area contributed by atoms with Crippen molar-refractivity contribution in [1.82, 2.24) is 4.90 Å². The summed E-state index contributed by atoms with van der Waals surface area (Å²) in [6.45, 7) is 4.15. The van der Waals surface area contributed by atoms with Crippen LogP contribution in [0.1, 0.15) is 50.2 Å². The van der Waals surface area contributed by atoms with Crippen LogP contribution >= 0.6 is 11.6 Å². The van der Waals surface area contributed by atoms with Crippen molar-refractivity contribution >= 4 is 11.6 Å². The van der Waals surface area contributed by atoms with E-state index in [2.05, 4.69) is 17.9 Å². The second-order valence-electron chi connectivity index (χ2n) is 5.96. The van der Waals surface area contributed by atoms with Gasteiger partial charge in [0.1, 0.15) is 0 Å². The molecular formula is C17H24ClN3. The highest BCUT2D eigenvalue weighted by Gasteiger charge is 2.24. The normalized spacial score (nSPS) is 22.2. The van der Waals surface area contributed by atoms with E-state index in [1.165, 1.54) is 12.8 Å². The van der Waals surface area contributed by atoms with E-state index in [0.29, 0.717) is 22.7 Å². The smallest absolute Gasteiger partial charge is 0.0992 e. The Bertz CT molecular complexity index is 501. The average Bonchev–Trinajstić information content (AvgIpc) is 2.49. The molecule has 0 aliphatic heterocycles. The van der Waals surface area contributed by atoms with Crippen molar-refractivity contribution in [2.24, 2.45) is 5.73 Å². The van der Waals surface area contributed by atoms with E-state index in [9.17, 15) is 0 Å². The number of benzene rings is 1. The van der Waals surface area contributed by atoms with Gasteiger partial charge in [-0.15, -0.1) is 0 Å². The number of nitriles is 1. The van der Waals surface area contributed by atoms with E-state index in [4.69, 9.17) is 22.6 Å². The average molecular weight is 306 g/mol. The van der Waals surface area contributed by atoms with Crippen LogP contribution in [0, 0.1) is 11.3 Å². The van der Waals surface area contributed by atoms with Crippen LogP contribution in [-0.2, 0) is 6.54 Å². The molecule has 0 atom stereocenters. The van der Waals surface area contributed by atoms with Gasteiger partial charge in [-0.25, -0.2) is 0 Å². The van der Waals surface area contributed by atoms with Crippen molar-refractivity contribution in [3.05, 3.63) is 34.3 Å². The van der Waals surface area contributed by atoms with Gasteiger partial charge in [0.15, 0.2) is 0 Å². The van der Waals surface area contributed by atoms with Gasteiger partial charge in [-0.1, -0.05) is 24.6 Å². The molecule has 3 nitrogen and oxygen atoms in total. The summed E-state index contributed by atoms with van der Waals surface area (Å²) in [5.41, 5.74) is 7.74. The highest BCUT2D eigenvalue weighted by molar-refractivity contribution is 6.31. The molecule has 2 rings (SSSR count). The quantitative estimate of drug-likeness (QED) is 0.902. The van der Waals surface area contributed by atoms with Gasteiger partial charge in [0, 0.05) is 23.7 Å². The van der Waals surface area contributed by atoms with Crippen LogP contribution in [0.15, 0.2) is 18.2 Å². The highest BCUT2D eigenvalue weighted by atomic mass is 35.5. The van der Waals surface area contributed by atoms with Crippen LogP contribution in [0.25, 0.3) is 0 Å². The maximum atomic E-state index is 8.92. The van der Waals surface area contributed by atoms with Crippen LogP contribution in [0.4, 0.5) is 0 Å². The molecule has 0 amide bonds. The number of nitrogens with two attached hydrogens (primary N) is 1. The first-order valence-corrected chi connectivity index (χ1v) is 8.20. The fraction of sp³-hybridized carbons (Fsp3) is 0.588. The van der Waals surface area contributed by atoms with Gasteiger partial charge in [0.25, 0.3) is 0 Å². The van der Waals surface area contributed by atoms with Crippen molar-refractivity contribution in [3.8, 4) is 6.07 Å². The lowest BCUT2D eigenvalue weighted by Crippen LogP contribution is -2.40. The molecule has 0 unspecified atom stereocenters. The molecule has 0 aromatic heterocycles. The van der Waals surface area contributed by atoms with Crippen LogP contribution in [-0.4, -0.2) is 23.5 Å². The first kappa shape index (κ1) is 16.3. The van der Waals surface area contributed by atoms with Gasteiger partial charge < -0.3 is 5.73 Å². The molecule has 1 aliphatic rings. The van der Waals surface area contributed by atoms with Crippen molar-refractivity contribution in [2.75, 3.05) is 6.54 Å². The first-order chi connectivity index (χ1) is 10.1. The maximum absolute atomic E-state index is 8.92. The Morgan fingerprint density at radius 3 is 2.62 bits per heavy atom. The van der Waals surface area contributed by atoms with Crippen LogP contribution < -0.4 is 5.73 Å². The summed E-state index contributed by atoms with van der Waals surface area (Å²) < 4.78 is 0. The second kappa shape index (κ2) is 7.79. The van der Waals surface area contributed by atoms with Gasteiger partial charge in [-0.05, 0) is 56.3 Å². The third-order valence-electron chi connectivity index (χ3n) is 4.32. The number of hydrogen-bond donors (Lipinski definition) is 1. The van der Waals surface area contributed by atoms with Crippen molar-refractivity contribution in [3.63, 3.8) is 0 Å². The predicted molar refractivity (Wildman–Crippen MR) is 87.1 cm³/mol. The summed E-state index contributed by atoms with van der Waals surface area (Å²) >= 11 is 6.32. The minimum absolute atomic E-state index is 0.378. The standard InChI is InChI=1S/C17H24ClN3/c1-2-9-21(16-7-5-15(20)6-8-16)12-14-4-3-13(11-19)10-17(14)18/h3-4,10,15-16H,2,5-9,12,20H2,1H3. The Morgan fingerprint density at radius 1 is 1.33 bits per heavy atom. The van der Waals surface area contributed by atoms with Crippen LogP contribution in [0.2, 0.25) is 5.02 Å². The summed E-state index contributed by atoms with van der Waals surface area (Å²) in [7, 11) is 0. The van der Waals surface area contributed by atoms with E-state index in [-0.39, 0.29) is 0 Å². The van der Waals surface area contributed by atoms with Crippen molar-refractivity contribution < 1.29 is 0 Å². The molecule has 0 radical (unpaired) electrons. The molecule has 1 aliphatic carbocycles. The predicted octanol–water partition coefficient (Wildman–Crippen LogP) is 3.69. The molecule has 1 saturated carbocycles. The second-order valence-corrected chi connectivity index (χ2v) is 6.36. The summed E-state index contributed by atoms with van der Waals surface area (Å²) in [4.78, 5) is 2.53. The Balaban J connectivity index is 2.07. The topological polar surface area (TPSA) is 53.0 Å². The summed E-state index contributed by atoms with van der Waals surface area (Å²) in [6.07, 6.45) is 5.72. The van der Waals surface area contributed by atoms with Gasteiger partial charge in [0.05, 0.1) is 11.6 Å². The third-order valence-corrected chi connectivity index (χ3v) is 4.68. The van der Waals surface area contributed by atoms with Crippen LogP contribution in [0.5, 0.6) is 0 Å². The van der Waals surface area contributed by atoms with E-state index in [0.717, 1.165) is 37.9 Å².